The Bertz CT molecular complexity index is 505. The first kappa shape index (κ1) is 77.7. The number of alkyl halides is 12. The van der Waals surface area contributed by atoms with Gasteiger partial charge >= 0.3 is 157 Å². The number of carbonyl (C=O) groups is 4. The minimum Gasteiger partial charge on any atom is -0.907 e. The molecule has 0 unspecified atom stereocenters. The first-order valence-corrected chi connectivity index (χ1v) is 5.61. The van der Waals surface area contributed by atoms with E-state index >= 15 is 0 Å². The van der Waals surface area contributed by atoms with Crippen LogP contribution in [0.15, 0.2) is 0 Å². The van der Waals surface area contributed by atoms with Crippen LogP contribution in [0.4, 0.5) is 52.7 Å². The van der Waals surface area contributed by atoms with Gasteiger partial charge in [0.1, 0.15) is 23.9 Å². The fraction of sp³-hybridized carbons (Fsp3) is 0.500. The van der Waals surface area contributed by atoms with Crippen molar-refractivity contribution < 1.29 is 239 Å². The molecule has 0 saturated carbocycles. The van der Waals surface area contributed by atoms with Crippen molar-refractivity contribution >= 4 is 31.2 Å². The summed E-state index contributed by atoms with van der Waals surface area (Å²) in [6, 6.07) is 0. The third kappa shape index (κ3) is 85.4. The second kappa shape index (κ2) is 35.4. The predicted molar refractivity (Wildman–Crippen MR) is 50.0 cm³/mol. The molecule has 11 nitrogen and oxygen atoms in total. The van der Waals surface area contributed by atoms with Crippen LogP contribution in [0.25, 0.3) is 0 Å². The molecule has 0 fully saturated rings. The van der Waals surface area contributed by atoms with Gasteiger partial charge in [0, 0.05) is 0 Å². The summed E-state index contributed by atoms with van der Waals surface area (Å²) in [5, 5.41) is 60.4. The van der Waals surface area contributed by atoms with Crippen LogP contribution in [-0.4, -0.2) is 55.9 Å². The van der Waals surface area contributed by atoms with E-state index in [1.165, 1.54) is 0 Å². The third-order valence-corrected chi connectivity index (χ3v) is 0.926. The third-order valence-electron chi connectivity index (χ3n) is 0.926. The molecule has 0 aromatic carbocycles. The molecular weight excluding hydrogens is 559 g/mol. The van der Waals surface area contributed by atoms with Gasteiger partial charge in [-0.3, -0.25) is 7.32 Å². The van der Waals surface area contributed by atoms with Crippen LogP contribution in [0.3, 0.4) is 0 Å². The van der Waals surface area contributed by atoms with Crippen molar-refractivity contribution in [2.24, 2.45) is 0 Å². The Hall–Kier alpha value is 1.17. The summed E-state index contributed by atoms with van der Waals surface area (Å²) in [5.41, 5.74) is 0. The molecule has 0 aliphatic heterocycles. The van der Waals surface area contributed by atoms with Gasteiger partial charge in [0.05, 0.1) is 0 Å². The van der Waals surface area contributed by atoms with E-state index in [1.807, 2.05) is 0 Å². The molecule has 0 aliphatic carbocycles. The van der Waals surface area contributed by atoms with Crippen LogP contribution in [0.2, 0.25) is 0 Å². The molecule has 0 N–H and O–H groups in total. The standard InChI is InChI=1S/4C2HF3O2.BO3.7Li/c4*3-2(4,5)1(6)7;2-1(3)4;;;;;;;/h4*(H,6,7);;;;;;;;/q;;;;-3;7*+1/p-4. The molecule has 0 saturated heterocycles. The van der Waals surface area contributed by atoms with Crippen LogP contribution < -0.4 is 168 Å². The van der Waals surface area contributed by atoms with E-state index < -0.39 is 55.9 Å². The molecule has 31 heteroatoms. The topological polar surface area (TPSA) is 230 Å². The Balaban J connectivity index is -0.0000000226. The number of halogens is 12. The van der Waals surface area contributed by atoms with Crippen molar-refractivity contribution in [3.05, 3.63) is 0 Å². The molecule has 0 spiro atoms. The monoisotopic (exact) mass is 560 g/mol. The smallest absolute Gasteiger partial charge is 0.907 e. The molecule has 0 amide bonds. The number of carboxylic acids is 4. The van der Waals surface area contributed by atoms with Gasteiger partial charge in [-0.15, -0.1) is 0 Å². The van der Waals surface area contributed by atoms with E-state index in [4.69, 9.17) is 54.7 Å². The summed E-state index contributed by atoms with van der Waals surface area (Å²) in [4.78, 5) is 35.1. The zero-order valence-electron chi connectivity index (χ0n) is 20.6. The SMILES string of the molecule is O=C([O-])C(F)(F)F.O=C([O-])C(F)(F)F.O=C([O-])C(F)(F)F.O=C([O-])C(F)(F)F.[Li+].[Li+].[Li+].[Li+].[Li+].[Li+].[Li+].[O-]B([O-])[O-]. The molecule has 192 valence electrons. The maximum atomic E-state index is 10.5. The quantitative estimate of drug-likeness (QED) is 0.200. The van der Waals surface area contributed by atoms with Gasteiger partial charge in [-0.1, -0.05) is 0 Å². The van der Waals surface area contributed by atoms with Crippen molar-refractivity contribution in [2.75, 3.05) is 0 Å². The van der Waals surface area contributed by atoms with E-state index in [1.54, 1.807) is 0 Å². The number of rotatable bonds is 0. The molecule has 39 heavy (non-hydrogen) atoms. The van der Waals surface area contributed by atoms with Crippen LogP contribution in [0.1, 0.15) is 0 Å². The molecule has 0 aliphatic rings. The van der Waals surface area contributed by atoms with Gasteiger partial charge in [-0.05, 0) is 0 Å². The maximum absolute atomic E-state index is 10.5. The second-order valence-corrected chi connectivity index (χ2v) is 3.43. The van der Waals surface area contributed by atoms with Crippen molar-refractivity contribution in [3.8, 4) is 0 Å². The molecular formula is C8BF12Li7O11. The maximum Gasteiger partial charge on any atom is 1.00 e. The van der Waals surface area contributed by atoms with E-state index in [9.17, 15) is 52.7 Å². The zero-order chi connectivity index (χ0) is 27.9. The molecule has 0 aromatic heterocycles. The van der Waals surface area contributed by atoms with E-state index in [-0.39, 0.29) is 132 Å². The fourth-order valence-corrected chi connectivity index (χ4v) is 0. The summed E-state index contributed by atoms with van der Waals surface area (Å²) in [7, 11) is -2.92. The average molecular weight is 559 g/mol. The molecule has 0 bridgehead atoms. The Labute approximate surface area is 293 Å². The molecule has 0 rings (SSSR count). The summed E-state index contributed by atoms with van der Waals surface area (Å²) in [6.07, 6.45) is -20.8. The second-order valence-electron chi connectivity index (χ2n) is 3.43. The van der Waals surface area contributed by atoms with Crippen molar-refractivity contribution in [3.63, 3.8) is 0 Å². The molecule has 0 atom stereocenters. The summed E-state index contributed by atoms with van der Waals surface area (Å²) < 4.78 is 126. The zero-order valence-corrected chi connectivity index (χ0v) is 20.6. The van der Waals surface area contributed by atoms with Crippen LogP contribution >= 0.6 is 0 Å². The molecule has 0 aromatic rings. The van der Waals surface area contributed by atoms with Gasteiger partial charge in [0.25, 0.3) is 0 Å². The number of hydrogen-bond donors (Lipinski definition) is 0. The van der Waals surface area contributed by atoms with Crippen LogP contribution in [0, 0.1) is 0 Å². The normalized spacial score (nSPS) is 8.79. The fourth-order valence-electron chi connectivity index (χ4n) is 0. The first-order valence-electron chi connectivity index (χ1n) is 5.61. The Morgan fingerprint density at radius 2 is 0.385 bits per heavy atom. The number of hydrogen-bond acceptors (Lipinski definition) is 11. The molecule has 0 radical (unpaired) electrons. The van der Waals surface area contributed by atoms with E-state index in [2.05, 4.69) is 0 Å². The minimum atomic E-state index is -5.19. The Morgan fingerprint density at radius 1 is 0.359 bits per heavy atom. The number of carbonyl (C=O) groups excluding carboxylic acids is 4. The van der Waals surface area contributed by atoms with Gasteiger partial charge in [0.15, 0.2) is 0 Å². The minimum absolute atomic E-state index is 0. The van der Waals surface area contributed by atoms with Gasteiger partial charge < -0.3 is 54.7 Å². The summed E-state index contributed by atoms with van der Waals surface area (Å²) in [6.45, 7) is 0. The van der Waals surface area contributed by atoms with E-state index in [0.29, 0.717) is 0 Å². The Kier molecular flexibility index (Phi) is 70.4. The number of carboxylic acid groups (broad SMARTS) is 4. The number of aliphatic carboxylic acids is 4. The van der Waals surface area contributed by atoms with Crippen LogP contribution in [0.5, 0.6) is 0 Å². The van der Waals surface area contributed by atoms with Gasteiger partial charge in [-0.25, -0.2) is 0 Å². The predicted octanol–water partition coefficient (Wildman–Crippen LogP) is -27.7. The van der Waals surface area contributed by atoms with Crippen molar-refractivity contribution in [1.82, 2.24) is 0 Å². The van der Waals surface area contributed by atoms with Crippen LogP contribution in [-0.2, 0) is 19.2 Å². The average Bonchev–Trinajstić information content (AvgIpc) is 2.44. The van der Waals surface area contributed by atoms with Crippen molar-refractivity contribution in [2.45, 2.75) is 24.7 Å². The summed E-state index contributed by atoms with van der Waals surface area (Å²) in [5.74, 6) is -12.0. The first-order chi connectivity index (χ1) is 13.5. The van der Waals surface area contributed by atoms with Gasteiger partial charge in [-0.2, -0.15) is 52.7 Å². The van der Waals surface area contributed by atoms with E-state index in [0.717, 1.165) is 0 Å². The summed E-state index contributed by atoms with van der Waals surface area (Å²) >= 11 is 0. The Morgan fingerprint density at radius 3 is 0.385 bits per heavy atom. The largest absolute Gasteiger partial charge is 1.00 e. The van der Waals surface area contributed by atoms with Gasteiger partial charge in [0.2, 0.25) is 0 Å². The molecule has 0 heterocycles. The van der Waals surface area contributed by atoms with Crippen molar-refractivity contribution in [1.29, 1.82) is 0 Å².